The lowest BCUT2D eigenvalue weighted by atomic mass is 10.1. The Kier molecular flexibility index (Phi) is 5.00. The number of aromatic carboxylic acids is 1. The average molecular weight is 332 g/mol. The smallest absolute Gasteiger partial charge is 0.337 e. The van der Waals surface area contributed by atoms with Gasteiger partial charge < -0.3 is 9.84 Å². The van der Waals surface area contributed by atoms with Gasteiger partial charge in [0.2, 0.25) is 10.0 Å². The number of hydrogen-bond acceptors (Lipinski definition) is 4. The van der Waals surface area contributed by atoms with Crippen molar-refractivity contribution in [3.63, 3.8) is 0 Å². The Hall–Kier alpha value is -1.41. The van der Waals surface area contributed by atoms with Crippen molar-refractivity contribution < 1.29 is 23.1 Å². The molecular weight excluding hydrogens is 318 g/mol. The summed E-state index contributed by atoms with van der Waals surface area (Å²) in [6.07, 6.45) is 2.52. The van der Waals surface area contributed by atoms with Crippen molar-refractivity contribution in [3.05, 3.63) is 40.4 Å². The van der Waals surface area contributed by atoms with Crippen LogP contribution in [0.2, 0.25) is 5.02 Å². The van der Waals surface area contributed by atoms with Crippen LogP contribution in [0, 0.1) is 0 Å². The highest BCUT2D eigenvalue weighted by atomic mass is 35.5. The van der Waals surface area contributed by atoms with Crippen LogP contribution in [0.5, 0.6) is 0 Å². The number of carboxylic acids is 1. The molecule has 1 aliphatic rings. The van der Waals surface area contributed by atoms with Gasteiger partial charge in [-0.3, -0.25) is 0 Å². The number of benzene rings is 1. The van der Waals surface area contributed by atoms with E-state index < -0.39 is 16.0 Å². The molecule has 0 fully saturated rings. The van der Waals surface area contributed by atoms with Gasteiger partial charge in [-0.15, -0.1) is 0 Å². The van der Waals surface area contributed by atoms with Crippen LogP contribution in [-0.2, 0) is 14.8 Å². The largest absolute Gasteiger partial charge is 0.478 e. The lowest BCUT2D eigenvalue weighted by Crippen LogP contribution is -2.27. The van der Waals surface area contributed by atoms with Crippen LogP contribution in [-0.4, -0.2) is 39.3 Å². The van der Waals surface area contributed by atoms with Crippen molar-refractivity contribution in [2.75, 3.05) is 19.8 Å². The summed E-state index contributed by atoms with van der Waals surface area (Å²) in [6.45, 7) is 1.26. The zero-order chi connectivity index (χ0) is 15.5. The Morgan fingerprint density at radius 3 is 2.76 bits per heavy atom. The van der Waals surface area contributed by atoms with Gasteiger partial charge >= 0.3 is 5.97 Å². The molecule has 8 heteroatoms. The Bertz CT molecular complexity index is 684. The van der Waals surface area contributed by atoms with Crippen LogP contribution in [0.25, 0.3) is 0 Å². The highest BCUT2D eigenvalue weighted by Crippen LogP contribution is 2.21. The number of hydrogen-bond donors (Lipinski definition) is 2. The molecule has 2 N–H and O–H groups in total. The van der Waals surface area contributed by atoms with E-state index in [2.05, 4.69) is 4.72 Å². The first kappa shape index (κ1) is 16.0. The third kappa shape index (κ3) is 4.04. The molecule has 1 aromatic carbocycles. The quantitative estimate of drug-likeness (QED) is 0.800. The van der Waals surface area contributed by atoms with Gasteiger partial charge in [0.15, 0.2) is 0 Å². The van der Waals surface area contributed by atoms with Crippen LogP contribution in [0.1, 0.15) is 16.8 Å². The van der Waals surface area contributed by atoms with Crippen LogP contribution in [0.15, 0.2) is 34.7 Å². The molecule has 114 valence electrons. The zero-order valence-corrected chi connectivity index (χ0v) is 12.6. The molecule has 2 rings (SSSR count). The van der Waals surface area contributed by atoms with Crippen molar-refractivity contribution in [1.29, 1.82) is 0 Å². The molecule has 21 heavy (non-hydrogen) atoms. The third-order valence-corrected chi connectivity index (χ3v) is 4.74. The maximum Gasteiger partial charge on any atom is 0.337 e. The second-order valence-corrected chi connectivity index (χ2v) is 6.63. The minimum atomic E-state index is -3.73. The van der Waals surface area contributed by atoms with Crippen molar-refractivity contribution in [1.82, 2.24) is 4.72 Å². The molecule has 0 spiro atoms. The van der Waals surface area contributed by atoms with E-state index in [1.165, 1.54) is 12.1 Å². The van der Waals surface area contributed by atoms with Crippen LogP contribution in [0.4, 0.5) is 0 Å². The average Bonchev–Trinajstić information content (AvgIpc) is 2.46. The molecule has 1 aromatic rings. The predicted octanol–water partition coefficient (Wildman–Crippen LogP) is 1.66. The van der Waals surface area contributed by atoms with Gasteiger partial charge in [0.25, 0.3) is 0 Å². The maximum atomic E-state index is 12.1. The molecule has 0 saturated heterocycles. The summed E-state index contributed by atoms with van der Waals surface area (Å²) in [7, 11) is -3.73. The molecule has 6 nitrogen and oxygen atoms in total. The second-order valence-electron chi connectivity index (χ2n) is 4.46. The number of ether oxygens (including phenoxy) is 1. The monoisotopic (exact) mass is 331 g/mol. The van der Waals surface area contributed by atoms with E-state index in [1.807, 2.05) is 6.08 Å². The molecule has 0 aliphatic carbocycles. The summed E-state index contributed by atoms with van der Waals surface area (Å²) in [6, 6.07) is 3.52. The van der Waals surface area contributed by atoms with Gasteiger partial charge in [-0.2, -0.15) is 0 Å². The molecule has 0 radical (unpaired) electrons. The second kappa shape index (κ2) is 6.57. The van der Waals surface area contributed by atoms with E-state index in [9.17, 15) is 13.2 Å². The van der Waals surface area contributed by atoms with E-state index in [4.69, 9.17) is 21.4 Å². The van der Waals surface area contributed by atoms with Crippen molar-refractivity contribution >= 4 is 27.6 Å². The van der Waals surface area contributed by atoms with E-state index >= 15 is 0 Å². The maximum absolute atomic E-state index is 12.1. The molecule has 0 saturated carbocycles. The number of halogens is 1. The molecular formula is C13H14ClNO5S. The van der Waals surface area contributed by atoms with Crippen LogP contribution < -0.4 is 4.72 Å². The first-order valence-corrected chi connectivity index (χ1v) is 8.04. The fraction of sp³-hybridized carbons (Fsp3) is 0.308. The normalized spacial score (nSPS) is 15.6. The van der Waals surface area contributed by atoms with Gasteiger partial charge in [0.05, 0.1) is 28.7 Å². The molecule has 0 aromatic heterocycles. The first-order chi connectivity index (χ1) is 9.90. The van der Waals surface area contributed by atoms with E-state index in [-0.39, 0.29) is 22.0 Å². The van der Waals surface area contributed by atoms with Gasteiger partial charge in [-0.1, -0.05) is 23.3 Å². The summed E-state index contributed by atoms with van der Waals surface area (Å²) < 4.78 is 31.9. The van der Waals surface area contributed by atoms with E-state index in [0.717, 1.165) is 11.6 Å². The number of sulfonamides is 1. The molecule has 1 aliphatic heterocycles. The Labute approximate surface area is 127 Å². The van der Waals surface area contributed by atoms with Gasteiger partial charge in [-0.25, -0.2) is 17.9 Å². The zero-order valence-electron chi connectivity index (χ0n) is 11.0. The van der Waals surface area contributed by atoms with Crippen molar-refractivity contribution in [2.24, 2.45) is 0 Å². The highest BCUT2D eigenvalue weighted by Gasteiger charge is 2.18. The lowest BCUT2D eigenvalue weighted by molar-refractivity contribution is 0.0697. The minimum Gasteiger partial charge on any atom is -0.478 e. The number of carbonyl (C=O) groups is 1. The van der Waals surface area contributed by atoms with Crippen molar-refractivity contribution in [3.8, 4) is 0 Å². The van der Waals surface area contributed by atoms with Crippen LogP contribution >= 0.6 is 11.6 Å². The van der Waals surface area contributed by atoms with Gasteiger partial charge in [-0.05, 0) is 24.6 Å². The summed E-state index contributed by atoms with van der Waals surface area (Å²) in [5, 5.41) is 8.75. The number of nitrogens with one attached hydrogen (secondary N) is 1. The third-order valence-electron chi connectivity index (χ3n) is 3.03. The van der Waals surface area contributed by atoms with Gasteiger partial charge in [0.1, 0.15) is 0 Å². The molecule has 1 heterocycles. The highest BCUT2D eigenvalue weighted by molar-refractivity contribution is 7.89. The number of carboxylic acid groups (broad SMARTS) is 1. The van der Waals surface area contributed by atoms with E-state index in [0.29, 0.717) is 19.6 Å². The molecule has 0 bridgehead atoms. The predicted molar refractivity (Wildman–Crippen MR) is 77.1 cm³/mol. The van der Waals surface area contributed by atoms with E-state index in [1.54, 1.807) is 0 Å². The lowest BCUT2D eigenvalue weighted by Gasteiger charge is -2.14. The molecule has 0 atom stereocenters. The van der Waals surface area contributed by atoms with Crippen molar-refractivity contribution in [2.45, 2.75) is 11.3 Å². The van der Waals surface area contributed by atoms with Gasteiger partial charge in [0, 0.05) is 6.54 Å². The summed E-state index contributed by atoms with van der Waals surface area (Å²) in [4.78, 5) is 10.8. The summed E-state index contributed by atoms with van der Waals surface area (Å²) in [5.74, 6) is -1.20. The minimum absolute atomic E-state index is 0.0647. The fourth-order valence-corrected chi connectivity index (χ4v) is 3.22. The molecule has 0 unspecified atom stereocenters. The molecule has 0 amide bonds. The first-order valence-electron chi connectivity index (χ1n) is 6.18. The Balaban J connectivity index is 2.14. The van der Waals surface area contributed by atoms with Crippen LogP contribution in [0.3, 0.4) is 0 Å². The Morgan fingerprint density at radius 1 is 1.43 bits per heavy atom. The SMILES string of the molecule is O=C(O)c1ccc(S(=O)(=O)NCC2=CCOCC2)cc1Cl. The summed E-state index contributed by atoms with van der Waals surface area (Å²) in [5.41, 5.74) is 0.820. The standard InChI is InChI=1S/C13H14ClNO5S/c14-12-7-10(1-2-11(12)13(16)17)21(18,19)15-8-9-3-5-20-6-4-9/h1-3,7,15H,4-6,8H2,(H,16,17). The topological polar surface area (TPSA) is 92.7 Å². The number of rotatable bonds is 5. The fourth-order valence-electron chi connectivity index (χ4n) is 1.83. The Morgan fingerprint density at radius 2 is 2.19 bits per heavy atom. The summed E-state index contributed by atoms with van der Waals surface area (Å²) >= 11 is 5.78.